The van der Waals surface area contributed by atoms with Crippen LogP contribution >= 0.6 is 0 Å². The predicted molar refractivity (Wildman–Crippen MR) is 97.5 cm³/mol. The molecule has 1 heterocycles. The van der Waals surface area contributed by atoms with Crippen molar-refractivity contribution in [3.63, 3.8) is 0 Å². The molecule has 2 aromatic carbocycles. The van der Waals surface area contributed by atoms with E-state index in [9.17, 15) is 9.90 Å². The van der Waals surface area contributed by atoms with Gasteiger partial charge in [0.05, 0.1) is 12.8 Å². The maximum absolute atomic E-state index is 12.7. The van der Waals surface area contributed by atoms with Gasteiger partial charge in [-0.25, -0.2) is 4.79 Å². The molecule has 0 aliphatic heterocycles. The smallest absolute Gasteiger partial charge is 0.383 e. The lowest BCUT2D eigenvalue weighted by molar-refractivity contribution is -0.750. The van der Waals surface area contributed by atoms with E-state index in [4.69, 9.17) is 4.74 Å². The van der Waals surface area contributed by atoms with Crippen molar-refractivity contribution in [1.82, 2.24) is 10.0 Å². The fourth-order valence-electron chi connectivity index (χ4n) is 2.58. The Kier molecular flexibility index (Phi) is 5.61. The molecule has 0 N–H and O–H groups in total. The first-order valence-corrected chi connectivity index (χ1v) is 8.61. The van der Waals surface area contributed by atoms with Crippen LogP contribution in [0.4, 0.5) is 0 Å². The first-order chi connectivity index (χ1) is 13.1. The second-order valence-electron chi connectivity index (χ2n) is 5.90. The van der Waals surface area contributed by atoms with Crippen LogP contribution in [-0.4, -0.2) is 28.8 Å². The van der Waals surface area contributed by atoms with E-state index in [-0.39, 0.29) is 18.8 Å². The van der Waals surface area contributed by atoms with Crippen LogP contribution in [0.25, 0.3) is 0 Å². The zero-order chi connectivity index (χ0) is 19.2. The molecule has 0 aliphatic carbocycles. The van der Waals surface area contributed by atoms with Gasteiger partial charge in [-0.1, -0.05) is 59.7 Å². The number of hydrogen-bond donors (Lipinski definition) is 0. The fourth-order valence-corrected chi connectivity index (χ4v) is 2.58. The summed E-state index contributed by atoms with van der Waals surface area (Å²) in [6.45, 7) is 4.06. The third-order valence-corrected chi connectivity index (χ3v) is 3.97. The zero-order valence-electron chi connectivity index (χ0n) is 15.2. The molecule has 1 aromatic heterocycles. The molecule has 0 saturated carbocycles. The number of carbonyl (C=O) groups excluding carboxylic acids is 1. The summed E-state index contributed by atoms with van der Waals surface area (Å²) in [7, 11) is 0. The highest BCUT2D eigenvalue weighted by Gasteiger charge is 2.27. The third kappa shape index (κ3) is 4.20. The molecule has 0 radical (unpaired) electrons. The number of nitrogens with zero attached hydrogens (tertiary/aromatic N) is 4. The van der Waals surface area contributed by atoms with E-state index < -0.39 is 11.8 Å². The van der Waals surface area contributed by atoms with Crippen molar-refractivity contribution in [2.24, 2.45) is 5.10 Å². The number of carbonyl (C=O) groups is 1. The van der Waals surface area contributed by atoms with Gasteiger partial charge in [0.1, 0.15) is 11.8 Å². The van der Waals surface area contributed by atoms with Crippen molar-refractivity contribution >= 4 is 12.2 Å². The van der Waals surface area contributed by atoms with Gasteiger partial charge < -0.3 is 9.84 Å². The summed E-state index contributed by atoms with van der Waals surface area (Å²) in [4.78, 5) is 13.2. The molecule has 0 spiro atoms. The molecular weight excluding hydrogens is 344 g/mol. The number of benzene rings is 2. The van der Waals surface area contributed by atoms with Crippen molar-refractivity contribution in [1.29, 1.82) is 0 Å². The maximum Gasteiger partial charge on any atom is 0.383 e. The molecule has 0 aliphatic rings. The summed E-state index contributed by atoms with van der Waals surface area (Å²) in [5, 5.41) is 21.0. The Bertz CT molecular complexity index is 965. The molecule has 7 nitrogen and oxygen atoms in total. The lowest BCUT2D eigenvalue weighted by Crippen LogP contribution is -2.43. The first kappa shape index (κ1) is 18.3. The van der Waals surface area contributed by atoms with Gasteiger partial charge in [0.2, 0.25) is 0 Å². The van der Waals surface area contributed by atoms with E-state index >= 15 is 0 Å². The van der Waals surface area contributed by atoms with Crippen molar-refractivity contribution in [3.8, 4) is 5.88 Å². The van der Waals surface area contributed by atoms with Gasteiger partial charge in [0.25, 0.3) is 5.69 Å². The Morgan fingerprint density at radius 2 is 1.93 bits per heavy atom. The summed E-state index contributed by atoms with van der Waals surface area (Å²) in [6, 6.07) is 17.1. The molecule has 0 unspecified atom stereocenters. The van der Waals surface area contributed by atoms with Gasteiger partial charge in [-0.05, 0) is 35.3 Å². The average molecular weight is 364 g/mol. The average Bonchev–Trinajstić information content (AvgIpc) is 2.97. The largest absolute Gasteiger partial charge is 0.836 e. The van der Waals surface area contributed by atoms with Crippen molar-refractivity contribution in [3.05, 3.63) is 77.0 Å². The van der Waals surface area contributed by atoms with Gasteiger partial charge in [-0.2, -0.15) is 0 Å². The van der Waals surface area contributed by atoms with E-state index in [2.05, 4.69) is 10.3 Å². The summed E-state index contributed by atoms with van der Waals surface area (Å²) < 4.78 is 6.34. The summed E-state index contributed by atoms with van der Waals surface area (Å²) in [5.41, 5.74) is 2.63. The number of ether oxygens (including phenoxy) is 1. The molecule has 0 atom stereocenters. The Balaban J connectivity index is 1.98. The van der Waals surface area contributed by atoms with Crippen molar-refractivity contribution in [2.75, 3.05) is 6.61 Å². The van der Waals surface area contributed by atoms with Crippen LogP contribution in [0.2, 0.25) is 0 Å². The van der Waals surface area contributed by atoms with Gasteiger partial charge in [0, 0.05) is 0 Å². The maximum atomic E-state index is 12.7. The molecule has 3 rings (SSSR count). The molecule has 0 fully saturated rings. The molecule has 0 amide bonds. The van der Waals surface area contributed by atoms with E-state index in [0.717, 1.165) is 21.5 Å². The van der Waals surface area contributed by atoms with E-state index in [1.807, 2.05) is 61.5 Å². The number of aryl methyl sites for hydroxylation is 1. The van der Waals surface area contributed by atoms with Crippen LogP contribution in [0.5, 0.6) is 5.88 Å². The predicted octanol–water partition coefficient (Wildman–Crippen LogP) is 1.66. The highest BCUT2D eigenvalue weighted by Crippen LogP contribution is 2.12. The molecule has 27 heavy (non-hydrogen) atoms. The number of rotatable bonds is 6. The topological polar surface area (TPSA) is 83.4 Å². The van der Waals surface area contributed by atoms with Crippen LogP contribution in [0.1, 0.15) is 34.1 Å². The highest BCUT2D eigenvalue weighted by atomic mass is 16.5. The molecule has 0 saturated heterocycles. The lowest BCUT2D eigenvalue weighted by atomic mass is 10.1. The minimum atomic E-state index is -0.712. The molecule has 138 valence electrons. The second kappa shape index (κ2) is 8.27. The molecule has 7 heteroatoms. The van der Waals surface area contributed by atoms with Crippen molar-refractivity contribution in [2.45, 2.75) is 20.4 Å². The van der Waals surface area contributed by atoms with Gasteiger partial charge in [0.15, 0.2) is 5.88 Å². The minimum absolute atomic E-state index is 0.150. The Morgan fingerprint density at radius 1 is 1.22 bits per heavy atom. The fraction of sp³-hybridized carbons (Fsp3) is 0.200. The van der Waals surface area contributed by atoms with Gasteiger partial charge >= 0.3 is 5.97 Å². The summed E-state index contributed by atoms with van der Waals surface area (Å²) >= 11 is 0. The number of aromatic nitrogens is 3. The van der Waals surface area contributed by atoms with Crippen LogP contribution in [-0.2, 0) is 11.3 Å². The zero-order valence-corrected chi connectivity index (χ0v) is 15.2. The highest BCUT2D eigenvalue weighted by molar-refractivity contribution is 5.88. The normalized spacial score (nSPS) is 11.0. The molecule has 0 bridgehead atoms. The van der Waals surface area contributed by atoms with E-state index in [1.54, 1.807) is 13.1 Å². The lowest BCUT2D eigenvalue weighted by Gasteiger charge is -2.03. The first-order valence-electron chi connectivity index (χ1n) is 8.61. The Morgan fingerprint density at radius 3 is 2.63 bits per heavy atom. The summed E-state index contributed by atoms with van der Waals surface area (Å²) in [5.74, 6) is -1.33. The molecule has 3 aromatic rings. The van der Waals surface area contributed by atoms with Gasteiger partial charge in [-0.15, -0.1) is 4.68 Å². The Hall–Kier alpha value is -3.48. The van der Waals surface area contributed by atoms with Crippen LogP contribution in [0.15, 0.2) is 59.7 Å². The van der Waals surface area contributed by atoms with Gasteiger partial charge in [-0.3, -0.25) is 0 Å². The van der Waals surface area contributed by atoms with E-state index in [1.165, 1.54) is 4.68 Å². The number of esters is 1. The molecular formula is C20H20N4O3. The van der Waals surface area contributed by atoms with Crippen LogP contribution in [0.3, 0.4) is 0 Å². The van der Waals surface area contributed by atoms with Crippen LogP contribution < -0.4 is 9.79 Å². The van der Waals surface area contributed by atoms with Crippen LogP contribution in [0, 0.1) is 6.92 Å². The summed E-state index contributed by atoms with van der Waals surface area (Å²) in [6.07, 6.45) is 1.55. The second-order valence-corrected chi connectivity index (χ2v) is 5.90. The monoisotopic (exact) mass is 364 g/mol. The third-order valence-electron chi connectivity index (χ3n) is 3.97. The number of hydrogen-bond acceptors (Lipinski definition) is 5. The Labute approximate surface area is 157 Å². The van der Waals surface area contributed by atoms with E-state index in [0.29, 0.717) is 0 Å². The standard InChI is InChI=1S/C20H20N4O3/c1-3-27-20(26)18-19(25)24(21-13-17-12-8-7-9-15(17)2)22-23(18)14-16-10-5-4-6-11-16/h4-13H,3,14H2,1-2H3/b21-13+. The SMILES string of the molecule is CCOC(=O)c1c([O-])n(/N=C/c2ccccc2C)n[n+]1Cc1ccccc1. The quantitative estimate of drug-likeness (QED) is 0.378. The minimum Gasteiger partial charge on any atom is -0.836 e. The van der Waals surface area contributed by atoms with Crippen molar-refractivity contribution < 1.29 is 19.3 Å².